The van der Waals surface area contributed by atoms with Crippen LogP contribution in [0.4, 0.5) is 0 Å². The molecule has 0 atom stereocenters. The van der Waals surface area contributed by atoms with Crippen molar-refractivity contribution in [1.29, 1.82) is 0 Å². The van der Waals surface area contributed by atoms with E-state index in [0.717, 1.165) is 45.0 Å². The molecular formula is C65H42N4. The molecule has 3 aromatic heterocycles. The van der Waals surface area contributed by atoms with E-state index in [1.54, 1.807) is 0 Å². The maximum atomic E-state index is 5.21. The second-order valence-electron chi connectivity index (χ2n) is 18.1. The van der Waals surface area contributed by atoms with Crippen molar-refractivity contribution < 1.29 is 0 Å². The first-order valence-corrected chi connectivity index (χ1v) is 23.7. The highest BCUT2D eigenvalue weighted by molar-refractivity contribution is 6.24. The van der Waals surface area contributed by atoms with Crippen molar-refractivity contribution in [2.75, 3.05) is 0 Å². The molecule has 0 N–H and O–H groups in total. The first kappa shape index (κ1) is 39.1. The minimum atomic E-state index is -0.633. The van der Waals surface area contributed by atoms with E-state index < -0.39 is 5.41 Å². The number of nitrogens with zero attached hydrogens (tertiary/aromatic N) is 4. The van der Waals surface area contributed by atoms with Gasteiger partial charge in [0.2, 0.25) is 0 Å². The monoisotopic (exact) mass is 878 g/mol. The lowest BCUT2D eigenvalue weighted by Gasteiger charge is -2.34. The molecule has 3 heterocycles. The Morgan fingerprint density at radius 3 is 1.32 bits per heavy atom. The molecule has 13 aromatic rings. The standard InChI is InChI=1S/C65H42N4/c1-5-19-43(20-6-1)58-42-59(44-21-7-2-8-22-44)67-64(66-58)45-33-35-46(36-34-45)65(56-30-16-13-27-50(56)51-28-14-17-31-57(51)65)47-37-40-61-55(41-47)54-39-38-53-52-29-15-18-32-60(52)68(48-23-9-3-10-24-48)62(53)63(54)69(61)49-25-11-4-12-26-49/h1-42H. The summed E-state index contributed by atoms with van der Waals surface area (Å²) in [6, 6.07) is 92.3. The lowest BCUT2D eigenvalue weighted by Crippen LogP contribution is -2.28. The molecule has 4 nitrogen and oxygen atoms in total. The Balaban J connectivity index is 1.03. The summed E-state index contributed by atoms with van der Waals surface area (Å²) in [5.41, 5.74) is 18.6. The summed E-state index contributed by atoms with van der Waals surface area (Å²) in [7, 11) is 0. The Morgan fingerprint density at radius 2 is 0.754 bits per heavy atom. The number of rotatable bonds is 7. The quantitative estimate of drug-likeness (QED) is 0.160. The fraction of sp³-hybridized carbons (Fsp3) is 0.0154. The van der Waals surface area contributed by atoms with Crippen LogP contribution in [0.25, 0.3) is 100 Å². The van der Waals surface area contributed by atoms with Gasteiger partial charge in [0.15, 0.2) is 5.82 Å². The number of aromatic nitrogens is 4. The predicted molar refractivity (Wildman–Crippen MR) is 284 cm³/mol. The van der Waals surface area contributed by atoms with Crippen molar-refractivity contribution in [3.05, 3.63) is 277 Å². The van der Waals surface area contributed by atoms with Crippen molar-refractivity contribution in [2.45, 2.75) is 5.41 Å². The summed E-state index contributed by atoms with van der Waals surface area (Å²) in [6.45, 7) is 0. The molecule has 69 heavy (non-hydrogen) atoms. The normalized spacial score (nSPS) is 12.8. The molecule has 0 amide bonds. The van der Waals surface area contributed by atoms with Crippen molar-refractivity contribution in [1.82, 2.24) is 19.1 Å². The van der Waals surface area contributed by atoms with Crippen molar-refractivity contribution >= 4 is 43.6 Å². The summed E-state index contributed by atoms with van der Waals surface area (Å²) >= 11 is 0. The summed E-state index contributed by atoms with van der Waals surface area (Å²) in [5, 5.41) is 4.87. The lowest BCUT2D eigenvalue weighted by molar-refractivity contribution is 0.770. The molecule has 322 valence electrons. The van der Waals surface area contributed by atoms with E-state index in [2.05, 4.69) is 252 Å². The van der Waals surface area contributed by atoms with Crippen molar-refractivity contribution in [3.63, 3.8) is 0 Å². The summed E-state index contributed by atoms with van der Waals surface area (Å²) < 4.78 is 4.95. The van der Waals surface area contributed by atoms with Gasteiger partial charge in [-0.05, 0) is 81.9 Å². The number of hydrogen-bond acceptors (Lipinski definition) is 2. The molecule has 0 unspecified atom stereocenters. The zero-order valence-electron chi connectivity index (χ0n) is 37.5. The smallest absolute Gasteiger partial charge is 0.160 e. The third kappa shape index (κ3) is 5.89. The molecular weight excluding hydrogens is 837 g/mol. The number of para-hydroxylation sites is 3. The molecule has 0 spiro atoms. The van der Waals surface area contributed by atoms with Gasteiger partial charge in [0.25, 0.3) is 0 Å². The fourth-order valence-corrected chi connectivity index (χ4v) is 11.5. The highest BCUT2D eigenvalue weighted by atomic mass is 15.0. The van der Waals surface area contributed by atoms with Crippen molar-refractivity contribution in [2.24, 2.45) is 0 Å². The van der Waals surface area contributed by atoms with Crippen LogP contribution in [-0.2, 0) is 5.41 Å². The van der Waals surface area contributed by atoms with Gasteiger partial charge < -0.3 is 9.13 Å². The number of fused-ring (bicyclic) bond motifs is 10. The molecule has 0 fully saturated rings. The van der Waals surface area contributed by atoms with E-state index in [0.29, 0.717) is 5.82 Å². The van der Waals surface area contributed by atoms with Gasteiger partial charge in [0.1, 0.15) is 0 Å². The maximum absolute atomic E-state index is 5.21. The van der Waals surface area contributed by atoms with Crippen molar-refractivity contribution in [3.8, 4) is 56.4 Å². The Hall–Kier alpha value is -9.12. The second kappa shape index (κ2) is 15.5. The Morgan fingerprint density at radius 1 is 0.304 bits per heavy atom. The van der Waals surface area contributed by atoms with Gasteiger partial charge in [-0.2, -0.15) is 0 Å². The Labute approximate surface area is 399 Å². The van der Waals surface area contributed by atoms with Gasteiger partial charge in [-0.3, -0.25) is 0 Å². The largest absolute Gasteiger partial charge is 0.307 e. The zero-order chi connectivity index (χ0) is 45.5. The SMILES string of the molecule is c1ccc(-c2cc(-c3ccccc3)nc(-c3ccc(C4(c5ccc6c(c5)c5ccc7c8ccccc8n(-c8ccccc8)c7c5n6-c5ccccc5)c5ccccc5-c5ccccc54)cc3)n2)cc1. The van der Waals surface area contributed by atoms with Crippen LogP contribution >= 0.6 is 0 Å². The molecule has 0 bridgehead atoms. The average Bonchev–Trinajstić information content (AvgIpc) is 4.06. The highest BCUT2D eigenvalue weighted by Crippen LogP contribution is 2.57. The summed E-state index contributed by atoms with van der Waals surface area (Å²) in [6.07, 6.45) is 0. The van der Waals surface area contributed by atoms with E-state index in [1.165, 1.54) is 71.5 Å². The average molecular weight is 879 g/mol. The molecule has 10 aromatic carbocycles. The number of hydrogen-bond donors (Lipinski definition) is 0. The third-order valence-electron chi connectivity index (χ3n) is 14.4. The van der Waals surface area contributed by atoms with Gasteiger partial charge >= 0.3 is 0 Å². The molecule has 14 rings (SSSR count). The van der Waals surface area contributed by atoms with E-state index in [4.69, 9.17) is 9.97 Å². The molecule has 0 aliphatic heterocycles. The van der Waals surface area contributed by atoms with Crippen LogP contribution in [0.2, 0.25) is 0 Å². The van der Waals surface area contributed by atoms with Crippen LogP contribution in [0.3, 0.4) is 0 Å². The Kier molecular flexibility index (Phi) is 8.77. The van der Waals surface area contributed by atoms with Crippen LogP contribution in [0, 0.1) is 0 Å². The second-order valence-corrected chi connectivity index (χ2v) is 18.1. The maximum Gasteiger partial charge on any atom is 0.160 e. The van der Waals surface area contributed by atoms with E-state index >= 15 is 0 Å². The number of benzene rings is 10. The van der Waals surface area contributed by atoms with Crippen LogP contribution in [0.15, 0.2) is 255 Å². The van der Waals surface area contributed by atoms with Gasteiger partial charge in [-0.1, -0.05) is 206 Å². The van der Waals surface area contributed by atoms with Crippen LogP contribution in [-0.4, -0.2) is 19.1 Å². The minimum absolute atomic E-state index is 0.633. The molecule has 4 heteroatoms. The molecule has 0 saturated heterocycles. The first-order chi connectivity index (χ1) is 34.2. The van der Waals surface area contributed by atoms with E-state index in [9.17, 15) is 0 Å². The van der Waals surface area contributed by atoms with E-state index in [1.807, 2.05) is 12.1 Å². The van der Waals surface area contributed by atoms with Gasteiger partial charge in [0, 0.05) is 49.6 Å². The summed E-state index contributed by atoms with van der Waals surface area (Å²) in [5.74, 6) is 0.692. The highest BCUT2D eigenvalue weighted by Gasteiger charge is 2.46. The zero-order valence-corrected chi connectivity index (χ0v) is 37.5. The molecule has 1 aliphatic rings. The third-order valence-corrected chi connectivity index (χ3v) is 14.4. The Bertz CT molecular complexity index is 3990. The van der Waals surface area contributed by atoms with Crippen LogP contribution in [0.1, 0.15) is 22.3 Å². The van der Waals surface area contributed by atoms with Gasteiger partial charge in [0.05, 0.1) is 38.9 Å². The first-order valence-electron chi connectivity index (χ1n) is 23.7. The fourth-order valence-electron chi connectivity index (χ4n) is 11.5. The molecule has 0 saturated carbocycles. The predicted octanol–water partition coefficient (Wildman–Crippen LogP) is 16.0. The van der Waals surface area contributed by atoms with Crippen LogP contribution < -0.4 is 0 Å². The van der Waals surface area contributed by atoms with Gasteiger partial charge in [-0.15, -0.1) is 0 Å². The molecule has 0 radical (unpaired) electrons. The minimum Gasteiger partial charge on any atom is -0.307 e. The van der Waals surface area contributed by atoms with E-state index in [-0.39, 0.29) is 0 Å². The van der Waals surface area contributed by atoms with Crippen LogP contribution in [0.5, 0.6) is 0 Å². The molecule has 1 aliphatic carbocycles. The topological polar surface area (TPSA) is 35.6 Å². The summed E-state index contributed by atoms with van der Waals surface area (Å²) in [4.78, 5) is 10.4. The van der Waals surface area contributed by atoms with Gasteiger partial charge in [-0.25, -0.2) is 9.97 Å². The lowest BCUT2D eigenvalue weighted by atomic mass is 9.67.